The normalized spacial score (nSPS) is 30.6. The fourth-order valence-electron chi connectivity index (χ4n) is 3.23. The largest absolute Gasteiger partial charge is 0.375 e. The molecule has 3 atom stereocenters. The second kappa shape index (κ2) is 6.50. The van der Waals surface area contributed by atoms with Crippen molar-refractivity contribution in [2.75, 3.05) is 26.7 Å². The molecule has 18 heavy (non-hydrogen) atoms. The summed E-state index contributed by atoms with van der Waals surface area (Å²) in [5.41, 5.74) is 5.87. The van der Waals surface area contributed by atoms with Gasteiger partial charge in [0, 0.05) is 38.6 Å². The van der Waals surface area contributed by atoms with Gasteiger partial charge in [0.25, 0.3) is 0 Å². The average molecular weight is 255 g/mol. The van der Waals surface area contributed by atoms with Crippen molar-refractivity contribution in [3.63, 3.8) is 0 Å². The first-order valence-corrected chi connectivity index (χ1v) is 7.04. The second-order valence-electron chi connectivity index (χ2n) is 5.27. The van der Waals surface area contributed by atoms with Crippen molar-refractivity contribution < 1.29 is 9.53 Å². The van der Waals surface area contributed by atoms with Crippen molar-refractivity contribution in [3.05, 3.63) is 0 Å². The van der Waals surface area contributed by atoms with Gasteiger partial charge >= 0.3 is 0 Å². The summed E-state index contributed by atoms with van der Waals surface area (Å²) in [7, 11) is 1.68. The van der Waals surface area contributed by atoms with Crippen molar-refractivity contribution in [1.29, 1.82) is 0 Å². The Morgan fingerprint density at radius 2 is 2.28 bits per heavy atom. The molecule has 2 fully saturated rings. The fourth-order valence-corrected chi connectivity index (χ4v) is 3.23. The van der Waals surface area contributed by atoms with Crippen LogP contribution < -0.4 is 11.1 Å². The smallest absolute Gasteiger partial charge is 0.221 e. The van der Waals surface area contributed by atoms with Gasteiger partial charge in [-0.15, -0.1) is 0 Å². The zero-order valence-corrected chi connectivity index (χ0v) is 11.2. The van der Waals surface area contributed by atoms with Gasteiger partial charge in [-0.2, -0.15) is 0 Å². The lowest BCUT2D eigenvalue weighted by Crippen LogP contribution is -2.58. The van der Waals surface area contributed by atoms with Crippen LogP contribution in [-0.4, -0.2) is 55.7 Å². The molecule has 0 spiro atoms. The first-order valence-electron chi connectivity index (χ1n) is 7.04. The van der Waals surface area contributed by atoms with Gasteiger partial charge in [0.05, 0.1) is 12.7 Å². The molecular formula is C13H25N3O2. The monoisotopic (exact) mass is 255 g/mol. The molecule has 1 saturated carbocycles. The number of nitrogens with one attached hydrogen (secondary N) is 1. The summed E-state index contributed by atoms with van der Waals surface area (Å²) < 4.78 is 5.86. The third-order valence-electron chi connectivity index (χ3n) is 4.22. The summed E-state index contributed by atoms with van der Waals surface area (Å²) in [6.07, 6.45) is 5.70. The second-order valence-corrected chi connectivity index (χ2v) is 5.27. The molecule has 0 aromatic rings. The number of amides is 1. The molecule has 5 heteroatoms. The molecular weight excluding hydrogens is 230 g/mol. The first kappa shape index (κ1) is 13.8. The number of hydrogen-bond acceptors (Lipinski definition) is 4. The van der Waals surface area contributed by atoms with Crippen LogP contribution in [0.3, 0.4) is 0 Å². The molecule has 104 valence electrons. The zero-order chi connectivity index (χ0) is 13.0. The Kier molecular flexibility index (Phi) is 4.97. The van der Waals surface area contributed by atoms with E-state index in [9.17, 15) is 4.79 Å². The van der Waals surface area contributed by atoms with Crippen LogP contribution in [0.25, 0.3) is 0 Å². The number of hydrogen-bond donors (Lipinski definition) is 2. The lowest BCUT2D eigenvalue weighted by Gasteiger charge is -2.47. The van der Waals surface area contributed by atoms with E-state index in [2.05, 4.69) is 10.2 Å². The van der Waals surface area contributed by atoms with Gasteiger partial charge in [0.15, 0.2) is 0 Å². The van der Waals surface area contributed by atoms with Crippen LogP contribution in [0.5, 0.6) is 0 Å². The van der Waals surface area contributed by atoms with E-state index >= 15 is 0 Å². The third-order valence-corrected chi connectivity index (χ3v) is 4.22. The van der Waals surface area contributed by atoms with Crippen LogP contribution in [0.2, 0.25) is 0 Å². The minimum Gasteiger partial charge on any atom is -0.375 e. The van der Waals surface area contributed by atoms with E-state index in [0.717, 1.165) is 19.6 Å². The van der Waals surface area contributed by atoms with Gasteiger partial charge in [-0.3, -0.25) is 9.69 Å². The van der Waals surface area contributed by atoms with E-state index < -0.39 is 0 Å². The van der Waals surface area contributed by atoms with Crippen LogP contribution in [0.4, 0.5) is 0 Å². The Morgan fingerprint density at radius 3 is 3.00 bits per heavy atom. The van der Waals surface area contributed by atoms with Gasteiger partial charge in [-0.1, -0.05) is 12.8 Å². The number of carbonyl (C=O) groups excluding carboxylic acids is 1. The van der Waals surface area contributed by atoms with Crippen molar-refractivity contribution >= 4 is 5.91 Å². The number of ether oxygens (including phenoxy) is 1. The predicted octanol–water partition coefficient (Wildman–Crippen LogP) is 0.0932. The Labute approximate surface area is 109 Å². The Hall–Kier alpha value is -0.650. The molecule has 2 rings (SSSR count). The lowest BCUT2D eigenvalue weighted by molar-refractivity contribution is -0.126. The molecule has 2 aliphatic rings. The molecule has 0 aromatic carbocycles. The van der Waals surface area contributed by atoms with Crippen molar-refractivity contribution in [3.8, 4) is 0 Å². The lowest BCUT2D eigenvalue weighted by atomic mass is 9.88. The van der Waals surface area contributed by atoms with Crippen molar-refractivity contribution in [1.82, 2.24) is 10.2 Å². The number of nitrogens with two attached hydrogens (primary N) is 1. The maximum Gasteiger partial charge on any atom is 0.221 e. The van der Waals surface area contributed by atoms with Crippen LogP contribution in [0.1, 0.15) is 32.1 Å². The molecule has 5 nitrogen and oxygen atoms in total. The molecule has 1 heterocycles. The number of morpholine rings is 1. The van der Waals surface area contributed by atoms with E-state index in [1.54, 1.807) is 7.05 Å². The van der Waals surface area contributed by atoms with Crippen LogP contribution in [-0.2, 0) is 9.53 Å². The summed E-state index contributed by atoms with van der Waals surface area (Å²) >= 11 is 0. The highest BCUT2D eigenvalue weighted by Crippen LogP contribution is 2.30. The molecule has 1 amide bonds. The van der Waals surface area contributed by atoms with E-state index in [0.29, 0.717) is 25.1 Å². The van der Waals surface area contributed by atoms with E-state index in [1.165, 1.54) is 19.3 Å². The molecule has 1 aliphatic carbocycles. The summed E-state index contributed by atoms with van der Waals surface area (Å²) in [5.74, 6) is 0.0734. The summed E-state index contributed by atoms with van der Waals surface area (Å²) in [5, 5.41) is 2.69. The summed E-state index contributed by atoms with van der Waals surface area (Å²) in [6, 6.07) is 0.616. The number of fused-ring (bicyclic) bond motifs is 1. The minimum atomic E-state index is 0.0734. The summed E-state index contributed by atoms with van der Waals surface area (Å²) in [6.45, 7) is 2.21. The maximum atomic E-state index is 11.6. The Morgan fingerprint density at radius 1 is 1.50 bits per heavy atom. The standard InChI is InChI=1S/C13H25N3O2/c1-15-13(17)8-10(9-14)16-6-7-18-12-5-3-2-4-11(12)16/h10-12H,2-9,14H2,1H3,(H,15,17). The van der Waals surface area contributed by atoms with Crippen molar-refractivity contribution in [2.24, 2.45) is 5.73 Å². The molecule has 1 saturated heterocycles. The third kappa shape index (κ3) is 3.02. The van der Waals surface area contributed by atoms with Crippen LogP contribution in [0.15, 0.2) is 0 Å². The zero-order valence-electron chi connectivity index (χ0n) is 11.2. The highest BCUT2D eigenvalue weighted by atomic mass is 16.5. The molecule has 3 N–H and O–H groups in total. The SMILES string of the molecule is CNC(=O)CC(CN)N1CCOC2CCCCC21. The molecule has 3 unspecified atom stereocenters. The van der Waals surface area contributed by atoms with Crippen LogP contribution in [0, 0.1) is 0 Å². The average Bonchev–Trinajstić information content (AvgIpc) is 2.44. The Balaban J connectivity index is 2.01. The molecule has 0 bridgehead atoms. The van der Waals surface area contributed by atoms with Gasteiger partial charge in [-0.25, -0.2) is 0 Å². The van der Waals surface area contributed by atoms with Gasteiger partial charge in [0.1, 0.15) is 0 Å². The highest BCUT2D eigenvalue weighted by Gasteiger charge is 2.37. The molecule has 0 aromatic heterocycles. The quantitative estimate of drug-likeness (QED) is 0.747. The molecule has 0 radical (unpaired) electrons. The fraction of sp³-hybridized carbons (Fsp3) is 0.923. The molecule has 1 aliphatic heterocycles. The van der Waals surface area contributed by atoms with Crippen molar-refractivity contribution in [2.45, 2.75) is 50.3 Å². The van der Waals surface area contributed by atoms with E-state index in [-0.39, 0.29) is 11.9 Å². The number of carbonyl (C=O) groups is 1. The predicted molar refractivity (Wildman–Crippen MR) is 70.2 cm³/mol. The van der Waals surface area contributed by atoms with Gasteiger partial charge in [-0.05, 0) is 12.8 Å². The van der Waals surface area contributed by atoms with E-state index in [1.807, 2.05) is 0 Å². The van der Waals surface area contributed by atoms with Gasteiger partial charge in [0.2, 0.25) is 5.91 Å². The summed E-state index contributed by atoms with van der Waals surface area (Å²) in [4.78, 5) is 14.0. The topological polar surface area (TPSA) is 67.6 Å². The number of nitrogens with zero attached hydrogens (tertiary/aromatic N) is 1. The van der Waals surface area contributed by atoms with Crippen LogP contribution >= 0.6 is 0 Å². The first-order chi connectivity index (χ1) is 8.76. The van der Waals surface area contributed by atoms with Gasteiger partial charge < -0.3 is 15.8 Å². The van der Waals surface area contributed by atoms with E-state index in [4.69, 9.17) is 10.5 Å². The maximum absolute atomic E-state index is 11.6. The highest BCUT2D eigenvalue weighted by molar-refractivity contribution is 5.76. The minimum absolute atomic E-state index is 0.0734. The Bertz CT molecular complexity index is 283. The number of rotatable bonds is 4.